The second-order valence-corrected chi connectivity index (χ2v) is 18.5. The van der Waals surface area contributed by atoms with Crippen molar-refractivity contribution in [3.8, 4) is 0 Å². The van der Waals surface area contributed by atoms with Gasteiger partial charge >= 0.3 is 5.51 Å². The molecule has 0 amide bonds. The summed E-state index contributed by atoms with van der Waals surface area (Å²) in [7, 11) is -8.43. The number of hydrogen-bond donors (Lipinski definition) is 0. The van der Waals surface area contributed by atoms with Crippen LogP contribution in [0.3, 0.4) is 0 Å². The lowest BCUT2D eigenvalue weighted by Crippen LogP contribution is -2.34. The highest BCUT2D eigenvalue weighted by atomic mass is 32.2. The molecule has 10 heteroatoms. The van der Waals surface area contributed by atoms with Crippen LogP contribution < -0.4 is 0 Å². The standard InChI is InChI=1S/C17H40OPSi.CHF3O3S/c1-8-11-14-19(15-12-9-2,16-13-10-3)17(4)18-20(5,6)7;2-1(3,4)8(5,6)7/h17H,8-16H2,1-7H3;(H,5,6,7)/q+1;/p-1. The first-order valence-electron chi connectivity index (χ1n) is 10.1. The van der Waals surface area contributed by atoms with E-state index in [9.17, 15) is 13.2 Å². The van der Waals surface area contributed by atoms with Crippen molar-refractivity contribution in [2.75, 3.05) is 18.5 Å². The Morgan fingerprint density at radius 1 is 0.929 bits per heavy atom. The van der Waals surface area contributed by atoms with Crippen molar-refractivity contribution < 1.29 is 30.6 Å². The minimum Gasteiger partial charge on any atom is -0.741 e. The van der Waals surface area contributed by atoms with Gasteiger partial charge in [-0.2, -0.15) is 13.2 Å². The fourth-order valence-corrected chi connectivity index (χ4v) is 10.4. The summed E-state index contributed by atoms with van der Waals surface area (Å²) in [5.41, 5.74) is -5.65. The first-order chi connectivity index (χ1) is 12.6. The lowest BCUT2D eigenvalue weighted by atomic mass is 10.4. The SMILES string of the molecule is CCCC[P+](CCCC)(CCCC)C(C)O[Si](C)(C)C.O=S(=O)([O-])C(F)(F)F. The fourth-order valence-electron chi connectivity index (χ4n) is 2.92. The molecule has 0 heterocycles. The number of halogens is 3. The maximum atomic E-state index is 10.7. The molecule has 1 atom stereocenters. The molecule has 0 saturated heterocycles. The molecule has 0 bridgehead atoms. The first kappa shape index (κ1) is 30.5. The molecule has 0 aromatic heterocycles. The normalized spacial score (nSPS) is 14.4. The van der Waals surface area contributed by atoms with Crippen LogP contribution in [0.4, 0.5) is 13.2 Å². The number of alkyl halides is 3. The van der Waals surface area contributed by atoms with Gasteiger partial charge in [-0.1, -0.05) is 40.0 Å². The highest BCUT2D eigenvalue weighted by Crippen LogP contribution is 2.65. The Bertz CT molecular complexity index is 486. The number of hydrogen-bond acceptors (Lipinski definition) is 4. The average Bonchev–Trinajstić information content (AvgIpc) is 2.51. The van der Waals surface area contributed by atoms with Crippen LogP contribution in [0.2, 0.25) is 19.6 Å². The Morgan fingerprint density at radius 3 is 1.39 bits per heavy atom. The zero-order chi connectivity index (χ0) is 22.6. The van der Waals surface area contributed by atoms with E-state index in [1.165, 1.54) is 57.0 Å². The van der Waals surface area contributed by atoms with Crippen LogP contribution >= 0.6 is 7.26 Å². The number of rotatable bonds is 12. The third-order valence-corrected chi connectivity index (χ3v) is 11.5. The predicted octanol–water partition coefficient (Wildman–Crippen LogP) is 6.65. The Kier molecular flexibility index (Phi) is 14.8. The third kappa shape index (κ3) is 13.5. The van der Waals surface area contributed by atoms with Gasteiger partial charge in [-0.3, -0.25) is 0 Å². The molecule has 172 valence electrons. The summed E-state index contributed by atoms with van der Waals surface area (Å²) in [6.45, 7) is 16.4. The van der Waals surface area contributed by atoms with E-state index < -0.39 is 31.2 Å². The highest BCUT2D eigenvalue weighted by Gasteiger charge is 2.43. The minimum atomic E-state index is -6.09. The summed E-state index contributed by atoms with van der Waals surface area (Å²) < 4.78 is 65.5. The van der Waals surface area contributed by atoms with E-state index >= 15 is 0 Å². The maximum absolute atomic E-state index is 10.7. The summed E-state index contributed by atoms with van der Waals surface area (Å²) in [4.78, 5) is 0. The molecule has 0 aliphatic heterocycles. The van der Waals surface area contributed by atoms with E-state index in [2.05, 4.69) is 47.3 Å². The van der Waals surface area contributed by atoms with Crippen molar-refractivity contribution in [1.29, 1.82) is 0 Å². The molecule has 0 rings (SSSR count). The molecular formula is C18H40F3O4PSSi. The van der Waals surface area contributed by atoms with Gasteiger partial charge in [0.05, 0.1) is 18.5 Å². The molecule has 0 radical (unpaired) electrons. The molecule has 0 spiro atoms. The Hall–Kier alpha value is 0.307. The van der Waals surface area contributed by atoms with Crippen LogP contribution in [0, 0.1) is 0 Å². The number of unbranched alkanes of at least 4 members (excludes halogenated alkanes) is 3. The Labute approximate surface area is 172 Å². The third-order valence-electron chi connectivity index (χ3n) is 4.45. The van der Waals surface area contributed by atoms with Crippen molar-refractivity contribution in [2.24, 2.45) is 0 Å². The lowest BCUT2D eigenvalue weighted by molar-refractivity contribution is -0.0517. The summed E-state index contributed by atoms with van der Waals surface area (Å²) in [6, 6.07) is 0. The van der Waals surface area contributed by atoms with Gasteiger partial charge in [0.15, 0.2) is 24.3 Å². The van der Waals surface area contributed by atoms with Crippen molar-refractivity contribution in [1.82, 2.24) is 0 Å². The molecular weight excluding hydrogens is 428 g/mol. The minimum absolute atomic E-state index is 0.541. The summed E-state index contributed by atoms with van der Waals surface area (Å²) in [5, 5.41) is 0. The molecule has 0 saturated carbocycles. The molecule has 0 aliphatic carbocycles. The highest BCUT2D eigenvalue weighted by molar-refractivity contribution is 7.86. The quantitative estimate of drug-likeness (QED) is 0.139. The van der Waals surface area contributed by atoms with E-state index in [0.29, 0.717) is 5.85 Å². The summed E-state index contributed by atoms with van der Waals surface area (Å²) in [6.07, 6.45) is 12.6. The maximum Gasteiger partial charge on any atom is 0.485 e. The zero-order valence-electron chi connectivity index (χ0n) is 18.6. The average molecular weight is 469 g/mol. The van der Waals surface area contributed by atoms with Crippen LogP contribution in [0.15, 0.2) is 0 Å². The molecule has 0 N–H and O–H groups in total. The van der Waals surface area contributed by atoms with Gasteiger partial charge in [-0.15, -0.1) is 0 Å². The van der Waals surface area contributed by atoms with Gasteiger partial charge in [0.1, 0.15) is 0 Å². The lowest BCUT2D eigenvalue weighted by Gasteiger charge is -2.36. The van der Waals surface area contributed by atoms with Crippen LogP contribution in [-0.2, 0) is 14.5 Å². The summed E-state index contributed by atoms with van der Waals surface area (Å²) >= 11 is 0. The summed E-state index contributed by atoms with van der Waals surface area (Å²) in [5.74, 6) is 0.541. The van der Waals surface area contributed by atoms with Gasteiger partial charge in [0.2, 0.25) is 0 Å². The van der Waals surface area contributed by atoms with Gasteiger partial charge in [-0.25, -0.2) is 8.42 Å². The Morgan fingerprint density at radius 2 is 1.21 bits per heavy atom. The van der Waals surface area contributed by atoms with Crippen molar-refractivity contribution in [2.45, 2.75) is 97.2 Å². The predicted molar refractivity (Wildman–Crippen MR) is 116 cm³/mol. The van der Waals surface area contributed by atoms with Gasteiger partial charge in [-0.05, 0) is 45.8 Å². The van der Waals surface area contributed by atoms with E-state index in [0.717, 1.165) is 0 Å². The second-order valence-electron chi connectivity index (χ2n) is 8.18. The van der Waals surface area contributed by atoms with Gasteiger partial charge < -0.3 is 8.98 Å². The van der Waals surface area contributed by atoms with E-state index in [1.807, 2.05) is 0 Å². The molecule has 0 fully saturated rings. The second kappa shape index (κ2) is 13.6. The zero-order valence-corrected chi connectivity index (χ0v) is 21.3. The van der Waals surface area contributed by atoms with Crippen molar-refractivity contribution in [3.05, 3.63) is 0 Å². The van der Waals surface area contributed by atoms with Crippen molar-refractivity contribution >= 4 is 25.7 Å². The van der Waals surface area contributed by atoms with E-state index in [4.69, 9.17) is 17.4 Å². The molecule has 0 aromatic rings. The van der Waals surface area contributed by atoms with Crippen LogP contribution in [0.1, 0.15) is 66.2 Å². The van der Waals surface area contributed by atoms with Crippen molar-refractivity contribution in [3.63, 3.8) is 0 Å². The molecule has 28 heavy (non-hydrogen) atoms. The topological polar surface area (TPSA) is 66.4 Å². The van der Waals surface area contributed by atoms with E-state index in [1.54, 1.807) is 0 Å². The Balaban J connectivity index is 0. The van der Waals surface area contributed by atoms with E-state index in [-0.39, 0.29) is 0 Å². The molecule has 4 nitrogen and oxygen atoms in total. The van der Waals surface area contributed by atoms with Crippen LogP contribution in [0.5, 0.6) is 0 Å². The van der Waals surface area contributed by atoms with Crippen LogP contribution in [-0.4, -0.2) is 51.1 Å². The molecule has 1 unspecified atom stereocenters. The largest absolute Gasteiger partial charge is 0.741 e. The monoisotopic (exact) mass is 468 g/mol. The smallest absolute Gasteiger partial charge is 0.485 e. The first-order valence-corrected chi connectivity index (χ1v) is 17.3. The van der Waals surface area contributed by atoms with Gasteiger partial charge in [0, 0.05) is 7.26 Å². The molecule has 0 aliphatic rings. The van der Waals surface area contributed by atoms with Gasteiger partial charge in [0.25, 0.3) is 0 Å². The molecule has 0 aromatic carbocycles. The van der Waals surface area contributed by atoms with Crippen LogP contribution in [0.25, 0.3) is 0 Å². The fraction of sp³-hybridized carbons (Fsp3) is 1.00.